The molecule has 4 aromatic rings. The van der Waals surface area contributed by atoms with Crippen molar-refractivity contribution in [1.29, 1.82) is 0 Å². The first-order valence-corrected chi connectivity index (χ1v) is 11.3. The summed E-state index contributed by atoms with van der Waals surface area (Å²) in [6.45, 7) is 5.80. The lowest BCUT2D eigenvalue weighted by molar-refractivity contribution is -0.132. The van der Waals surface area contributed by atoms with Crippen LogP contribution in [0.5, 0.6) is 5.75 Å². The van der Waals surface area contributed by atoms with Crippen molar-refractivity contribution in [2.45, 2.75) is 32.9 Å². The second kappa shape index (κ2) is 8.72. The number of carbonyl (C=O) groups excluding carboxylic acids is 2. The molecule has 5 rings (SSSR count). The highest BCUT2D eigenvalue weighted by Crippen LogP contribution is 2.41. The van der Waals surface area contributed by atoms with Gasteiger partial charge < -0.3 is 14.8 Å². The Balaban J connectivity index is 1.65. The minimum Gasteiger partial charge on any atom is -0.507 e. The minimum absolute atomic E-state index is 0.000872. The van der Waals surface area contributed by atoms with Crippen LogP contribution in [0.1, 0.15) is 36.6 Å². The smallest absolute Gasteiger partial charge is 0.302 e. The zero-order chi connectivity index (χ0) is 24.7. The van der Waals surface area contributed by atoms with Crippen molar-refractivity contribution in [3.63, 3.8) is 0 Å². The van der Waals surface area contributed by atoms with Crippen LogP contribution in [0, 0.1) is 6.92 Å². The molecular formula is C27H24N4O4. The van der Waals surface area contributed by atoms with Gasteiger partial charge in [0, 0.05) is 18.0 Å². The van der Waals surface area contributed by atoms with Crippen molar-refractivity contribution in [3.8, 4) is 5.75 Å². The summed E-state index contributed by atoms with van der Waals surface area (Å²) < 4.78 is 5.67. The lowest BCUT2D eigenvalue weighted by atomic mass is 9.96. The molecule has 1 atom stereocenters. The number of aryl methyl sites for hydroxylation is 1. The van der Waals surface area contributed by atoms with Crippen LogP contribution in [0.4, 0.5) is 5.95 Å². The van der Waals surface area contributed by atoms with Gasteiger partial charge in [-0.25, -0.2) is 4.98 Å². The highest BCUT2D eigenvalue weighted by molar-refractivity contribution is 6.51. The average molecular weight is 469 g/mol. The van der Waals surface area contributed by atoms with Gasteiger partial charge in [-0.15, -0.1) is 0 Å². The summed E-state index contributed by atoms with van der Waals surface area (Å²) in [5.74, 6) is -0.961. The molecule has 176 valence electrons. The van der Waals surface area contributed by atoms with Crippen LogP contribution in [0.25, 0.3) is 16.8 Å². The van der Waals surface area contributed by atoms with Crippen molar-refractivity contribution in [2.24, 2.45) is 0 Å². The number of ether oxygens (including phenoxy) is 1. The van der Waals surface area contributed by atoms with Gasteiger partial charge in [-0.05, 0) is 80.4 Å². The molecule has 1 fully saturated rings. The molecule has 3 heterocycles. The van der Waals surface area contributed by atoms with Gasteiger partial charge in [0.2, 0.25) is 5.95 Å². The van der Waals surface area contributed by atoms with E-state index in [-0.39, 0.29) is 23.4 Å². The van der Waals surface area contributed by atoms with E-state index in [1.807, 2.05) is 39.0 Å². The van der Waals surface area contributed by atoms with E-state index in [0.29, 0.717) is 22.4 Å². The van der Waals surface area contributed by atoms with E-state index in [9.17, 15) is 14.7 Å². The number of amides is 1. The number of imidazole rings is 1. The Morgan fingerprint density at radius 1 is 1.06 bits per heavy atom. The third-order valence-electron chi connectivity index (χ3n) is 5.82. The summed E-state index contributed by atoms with van der Waals surface area (Å²) in [5, 5.41) is 11.2. The Kier molecular flexibility index (Phi) is 5.56. The highest BCUT2D eigenvalue weighted by Gasteiger charge is 2.48. The van der Waals surface area contributed by atoms with Crippen LogP contribution in [0.3, 0.4) is 0 Å². The summed E-state index contributed by atoms with van der Waals surface area (Å²) in [5.41, 5.74) is 3.45. The molecule has 0 spiro atoms. The number of hydrogen-bond acceptors (Lipinski definition) is 6. The second-order valence-corrected chi connectivity index (χ2v) is 8.72. The predicted octanol–water partition coefficient (Wildman–Crippen LogP) is 4.68. The summed E-state index contributed by atoms with van der Waals surface area (Å²) in [4.78, 5) is 39.6. The van der Waals surface area contributed by atoms with Crippen molar-refractivity contribution < 1.29 is 19.4 Å². The average Bonchev–Trinajstić information content (AvgIpc) is 3.37. The summed E-state index contributed by atoms with van der Waals surface area (Å²) in [6.07, 6.45) is 3.16. The van der Waals surface area contributed by atoms with Gasteiger partial charge in [0.05, 0.1) is 28.8 Å². The number of nitrogens with one attached hydrogen (secondary N) is 1. The summed E-state index contributed by atoms with van der Waals surface area (Å²) in [7, 11) is 0. The quantitative estimate of drug-likeness (QED) is 0.250. The molecule has 1 aliphatic heterocycles. The van der Waals surface area contributed by atoms with Gasteiger partial charge in [0.1, 0.15) is 11.5 Å². The van der Waals surface area contributed by atoms with Crippen LogP contribution in [-0.4, -0.2) is 37.9 Å². The third-order valence-corrected chi connectivity index (χ3v) is 5.82. The normalized spacial score (nSPS) is 17.5. The number of H-pyrrole nitrogens is 1. The van der Waals surface area contributed by atoms with Crippen LogP contribution >= 0.6 is 0 Å². The summed E-state index contributed by atoms with van der Waals surface area (Å²) in [6, 6.07) is 15.0. The molecule has 8 nitrogen and oxygen atoms in total. The van der Waals surface area contributed by atoms with E-state index in [0.717, 1.165) is 11.1 Å². The number of aromatic amines is 1. The molecule has 8 heteroatoms. The van der Waals surface area contributed by atoms with E-state index < -0.39 is 17.7 Å². The van der Waals surface area contributed by atoms with E-state index in [4.69, 9.17) is 4.74 Å². The maximum absolute atomic E-state index is 13.3. The highest BCUT2D eigenvalue weighted by atomic mass is 16.5. The number of hydrogen-bond donors (Lipinski definition) is 2. The van der Waals surface area contributed by atoms with Crippen LogP contribution in [0.15, 0.2) is 72.6 Å². The number of nitrogens with zero attached hydrogens (tertiary/aromatic N) is 3. The number of anilines is 1. The fourth-order valence-electron chi connectivity index (χ4n) is 4.26. The number of benzene rings is 2. The van der Waals surface area contributed by atoms with Crippen molar-refractivity contribution in [1.82, 2.24) is 15.0 Å². The Morgan fingerprint density at radius 3 is 2.46 bits per heavy atom. The van der Waals surface area contributed by atoms with E-state index >= 15 is 0 Å². The van der Waals surface area contributed by atoms with Gasteiger partial charge in [-0.3, -0.25) is 19.5 Å². The zero-order valence-electron chi connectivity index (χ0n) is 19.5. The fourth-order valence-corrected chi connectivity index (χ4v) is 4.26. The van der Waals surface area contributed by atoms with Gasteiger partial charge in [-0.2, -0.15) is 0 Å². The first-order chi connectivity index (χ1) is 16.8. The number of Topliss-reactive ketones (excluding diaryl/α,β-unsaturated/α-hetero) is 1. The van der Waals surface area contributed by atoms with E-state index in [1.54, 1.807) is 48.8 Å². The standard InChI is InChI=1S/C27H24N4O4/c1-15(2)35-19-7-5-18(6-8-19)24(32)22-23(17-10-12-28-13-11-17)31(26(34)25(22)33)27-29-20-9-4-16(3)14-21(20)30-27/h4-15,23,32H,1-3H3,(H,29,30)/b24-22+. The molecule has 2 aromatic carbocycles. The maximum Gasteiger partial charge on any atom is 0.302 e. The number of carbonyl (C=O) groups is 2. The summed E-state index contributed by atoms with van der Waals surface area (Å²) >= 11 is 0. The predicted molar refractivity (Wildman–Crippen MR) is 132 cm³/mol. The lowest BCUT2D eigenvalue weighted by Crippen LogP contribution is -2.30. The van der Waals surface area contributed by atoms with E-state index in [1.165, 1.54) is 4.90 Å². The Labute approximate surface area is 201 Å². The fraction of sp³-hybridized carbons (Fsp3) is 0.185. The third kappa shape index (κ3) is 4.03. The topological polar surface area (TPSA) is 108 Å². The van der Waals surface area contributed by atoms with Gasteiger partial charge in [0.15, 0.2) is 0 Å². The molecule has 2 N–H and O–H groups in total. The number of aromatic nitrogens is 3. The van der Waals surface area contributed by atoms with Crippen molar-refractivity contribution in [3.05, 3.63) is 89.3 Å². The number of fused-ring (bicyclic) bond motifs is 1. The molecule has 0 aliphatic carbocycles. The Bertz CT molecular complexity index is 1460. The number of aliphatic hydroxyl groups excluding tert-OH is 1. The maximum atomic E-state index is 13.3. The molecule has 2 aromatic heterocycles. The SMILES string of the molecule is Cc1ccc2nc(N3C(=O)C(=O)/C(=C(/O)c4ccc(OC(C)C)cc4)C3c3ccncc3)[nH]c2c1. The molecule has 1 saturated heterocycles. The number of aliphatic hydroxyl groups is 1. The molecule has 1 aliphatic rings. The van der Waals surface area contributed by atoms with Crippen molar-refractivity contribution in [2.75, 3.05) is 4.90 Å². The van der Waals surface area contributed by atoms with Crippen LogP contribution in [-0.2, 0) is 9.59 Å². The Morgan fingerprint density at radius 2 is 1.77 bits per heavy atom. The molecule has 1 unspecified atom stereocenters. The van der Waals surface area contributed by atoms with Gasteiger partial charge in [-0.1, -0.05) is 6.07 Å². The first-order valence-electron chi connectivity index (χ1n) is 11.3. The monoisotopic (exact) mass is 468 g/mol. The van der Waals surface area contributed by atoms with E-state index in [2.05, 4.69) is 15.0 Å². The van der Waals surface area contributed by atoms with Crippen molar-refractivity contribution >= 4 is 34.4 Å². The molecule has 0 saturated carbocycles. The largest absolute Gasteiger partial charge is 0.507 e. The number of rotatable bonds is 5. The molecule has 1 amide bonds. The lowest BCUT2D eigenvalue weighted by Gasteiger charge is -2.22. The number of ketones is 1. The van der Waals surface area contributed by atoms with Crippen LogP contribution < -0.4 is 9.64 Å². The van der Waals surface area contributed by atoms with Gasteiger partial charge >= 0.3 is 5.91 Å². The second-order valence-electron chi connectivity index (χ2n) is 8.72. The number of pyridine rings is 1. The minimum atomic E-state index is -0.883. The molecule has 0 radical (unpaired) electrons. The zero-order valence-corrected chi connectivity index (χ0v) is 19.5. The molecule has 35 heavy (non-hydrogen) atoms. The molecule has 0 bridgehead atoms. The van der Waals surface area contributed by atoms with Crippen LogP contribution in [0.2, 0.25) is 0 Å². The molecular weight excluding hydrogens is 444 g/mol. The van der Waals surface area contributed by atoms with Gasteiger partial charge in [0.25, 0.3) is 5.78 Å². The first kappa shape index (κ1) is 22.3. The Hall–Kier alpha value is -4.46.